The molecular weight excluding hydrogens is 440 g/mol. The Bertz CT molecular complexity index is 1090. The molecule has 1 aromatic carbocycles. The van der Waals surface area contributed by atoms with Gasteiger partial charge < -0.3 is 15.0 Å². The van der Waals surface area contributed by atoms with Crippen molar-refractivity contribution in [3.63, 3.8) is 0 Å². The summed E-state index contributed by atoms with van der Waals surface area (Å²) in [7, 11) is 0. The number of ether oxygens (including phenoxy) is 1. The van der Waals surface area contributed by atoms with Crippen LogP contribution in [0.4, 0.5) is 20.3 Å². The second kappa shape index (κ2) is 9.04. The first-order valence-electron chi connectivity index (χ1n) is 9.96. The number of halogens is 3. The van der Waals surface area contributed by atoms with Crippen LogP contribution in [0.3, 0.4) is 0 Å². The Morgan fingerprint density at radius 2 is 1.94 bits per heavy atom. The molecule has 1 aliphatic heterocycles. The predicted octanol–water partition coefficient (Wildman–Crippen LogP) is 4.81. The van der Waals surface area contributed by atoms with Crippen LogP contribution in [0.15, 0.2) is 55.2 Å². The molecule has 1 N–H and O–H groups in total. The summed E-state index contributed by atoms with van der Waals surface area (Å²) in [5, 5.41) is 2.72. The quantitative estimate of drug-likeness (QED) is 0.533. The van der Waals surface area contributed by atoms with E-state index in [-0.39, 0.29) is 5.75 Å². The van der Waals surface area contributed by atoms with Crippen molar-refractivity contribution in [2.45, 2.75) is 18.9 Å². The normalized spacial score (nSPS) is 16.1. The Morgan fingerprint density at radius 1 is 1.22 bits per heavy atom. The lowest BCUT2D eigenvalue weighted by molar-refractivity contribution is -0.0964. The summed E-state index contributed by atoms with van der Waals surface area (Å²) in [4.78, 5) is 27.8. The van der Waals surface area contributed by atoms with E-state index in [1.54, 1.807) is 18.5 Å². The average molecular weight is 460 g/mol. The van der Waals surface area contributed by atoms with Crippen LogP contribution in [0.1, 0.15) is 23.7 Å². The summed E-state index contributed by atoms with van der Waals surface area (Å²) in [6, 6.07) is 7.21. The molecule has 0 unspecified atom stereocenters. The van der Waals surface area contributed by atoms with E-state index in [9.17, 15) is 13.6 Å². The van der Waals surface area contributed by atoms with Crippen LogP contribution in [0, 0.1) is 5.92 Å². The minimum atomic E-state index is -3.80. The zero-order valence-corrected chi connectivity index (χ0v) is 17.9. The van der Waals surface area contributed by atoms with Crippen molar-refractivity contribution in [2.24, 2.45) is 5.92 Å². The number of rotatable bonds is 6. The van der Waals surface area contributed by atoms with Crippen LogP contribution < -0.4 is 15.0 Å². The number of amides is 1. The number of carbonyl (C=O) groups is 1. The van der Waals surface area contributed by atoms with Crippen LogP contribution in [0.5, 0.6) is 5.75 Å². The monoisotopic (exact) mass is 459 g/mol. The van der Waals surface area contributed by atoms with Crippen LogP contribution in [0.2, 0.25) is 0 Å². The standard InChI is InChI=1S/C22H20ClF2N5O2/c1-14-6-7-30(12-14)20-19(16-9-26-13-27-10-16)8-15(11-28-20)21(31)29-17-2-4-18(5-3-17)32-22(23,24)25/h2-5,8-11,13-14H,6-7,12H2,1H3,(H,29,31)/t14-/m0/s1. The van der Waals surface area contributed by atoms with Crippen molar-refractivity contribution in [3.05, 3.63) is 60.8 Å². The number of anilines is 2. The fraction of sp³-hybridized carbons (Fsp3) is 0.273. The van der Waals surface area contributed by atoms with Gasteiger partial charge in [-0.05, 0) is 42.7 Å². The predicted molar refractivity (Wildman–Crippen MR) is 117 cm³/mol. The Balaban J connectivity index is 1.57. The van der Waals surface area contributed by atoms with Crippen molar-refractivity contribution in [1.82, 2.24) is 15.0 Å². The summed E-state index contributed by atoms with van der Waals surface area (Å²) < 4.78 is 29.7. The fourth-order valence-corrected chi connectivity index (χ4v) is 3.64. The Labute approximate surface area is 188 Å². The van der Waals surface area contributed by atoms with E-state index in [2.05, 4.69) is 36.8 Å². The van der Waals surface area contributed by atoms with E-state index < -0.39 is 11.5 Å². The number of aromatic nitrogens is 3. The van der Waals surface area contributed by atoms with E-state index in [1.807, 2.05) is 0 Å². The maximum Gasteiger partial charge on any atom is 0.487 e. The molecule has 10 heteroatoms. The first kappa shape index (κ1) is 21.9. The van der Waals surface area contributed by atoms with Gasteiger partial charge in [-0.1, -0.05) is 6.92 Å². The molecule has 0 saturated carbocycles. The number of nitrogens with one attached hydrogen (secondary N) is 1. The molecule has 3 aromatic rings. The Hall–Kier alpha value is -3.33. The Kier molecular flexibility index (Phi) is 6.18. The number of benzene rings is 1. The third kappa shape index (κ3) is 5.28. The van der Waals surface area contributed by atoms with Crippen LogP contribution in [-0.4, -0.2) is 39.5 Å². The van der Waals surface area contributed by atoms with Crippen molar-refractivity contribution >= 4 is 29.0 Å². The highest BCUT2D eigenvalue weighted by atomic mass is 35.5. The van der Waals surface area contributed by atoms with E-state index >= 15 is 0 Å². The summed E-state index contributed by atoms with van der Waals surface area (Å²) in [5.74, 6) is 0.822. The zero-order valence-electron chi connectivity index (χ0n) is 17.1. The highest BCUT2D eigenvalue weighted by molar-refractivity contribution is 6.20. The van der Waals surface area contributed by atoms with Crippen molar-refractivity contribution < 1.29 is 18.3 Å². The Morgan fingerprint density at radius 3 is 2.56 bits per heavy atom. The largest absolute Gasteiger partial charge is 0.487 e. The molecule has 2 aromatic heterocycles. The van der Waals surface area contributed by atoms with Gasteiger partial charge in [0.25, 0.3) is 5.91 Å². The third-order valence-corrected chi connectivity index (χ3v) is 5.15. The molecule has 4 rings (SSSR count). The second-order valence-electron chi connectivity index (χ2n) is 7.59. The molecule has 0 aliphatic carbocycles. The molecular formula is C22H20ClF2N5O2. The number of pyridine rings is 1. The molecule has 3 heterocycles. The molecule has 1 fully saturated rings. The van der Waals surface area contributed by atoms with Gasteiger partial charge in [0.15, 0.2) is 0 Å². The molecule has 7 nitrogen and oxygen atoms in total. The number of nitrogens with zero attached hydrogens (tertiary/aromatic N) is 4. The van der Waals surface area contributed by atoms with Crippen LogP contribution in [0.25, 0.3) is 11.1 Å². The van der Waals surface area contributed by atoms with Crippen LogP contribution >= 0.6 is 11.6 Å². The lowest BCUT2D eigenvalue weighted by atomic mass is 10.1. The number of hydrogen-bond acceptors (Lipinski definition) is 6. The molecule has 1 atom stereocenters. The van der Waals surface area contributed by atoms with E-state index in [1.165, 1.54) is 36.8 Å². The smallest absolute Gasteiger partial charge is 0.420 e. The molecule has 32 heavy (non-hydrogen) atoms. The highest BCUT2D eigenvalue weighted by Gasteiger charge is 2.27. The van der Waals surface area contributed by atoms with E-state index in [0.29, 0.717) is 17.2 Å². The van der Waals surface area contributed by atoms with Gasteiger partial charge in [-0.2, -0.15) is 0 Å². The zero-order chi connectivity index (χ0) is 22.7. The van der Waals surface area contributed by atoms with Gasteiger partial charge in [-0.3, -0.25) is 4.79 Å². The molecule has 0 radical (unpaired) electrons. The fourth-order valence-electron chi connectivity index (χ4n) is 3.55. The minimum Gasteiger partial charge on any atom is -0.420 e. The summed E-state index contributed by atoms with van der Waals surface area (Å²) in [6.07, 6.45) is 7.40. The number of alkyl halides is 3. The SMILES string of the molecule is C[C@H]1CCN(c2ncc(C(=O)Nc3ccc(OC(F)(F)Cl)cc3)cc2-c2cncnc2)C1. The minimum absolute atomic E-state index is 0.125. The van der Waals surface area contributed by atoms with Gasteiger partial charge in [0, 0.05) is 60.1 Å². The lowest BCUT2D eigenvalue weighted by Crippen LogP contribution is -2.22. The van der Waals surface area contributed by atoms with Crippen LogP contribution in [-0.2, 0) is 0 Å². The summed E-state index contributed by atoms with van der Waals surface area (Å²) >= 11 is 4.76. The first-order valence-corrected chi connectivity index (χ1v) is 10.3. The van der Waals surface area contributed by atoms with Gasteiger partial charge in [0.1, 0.15) is 17.9 Å². The number of carbonyl (C=O) groups excluding carboxylic acids is 1. The van der Waals surface area contributed by atoms with Crippen molar-refractivity contribution in [1.29, 1.82) is 0 Å². The molecule has 0 spiro atoms. The van der Waals surface area contributed by atoms with Gasteiger partial charge in [0.2, 0.25) is 0 Å². The van der Waals surface area contributed by atoms with Gasteiger partial charge >= 0.3 is 5.57 Å². The van der Waals surface area contributed by atoms with Gasteiger partial charge in [-0.15, -0.1) is 8.78 Å². The highest BCUT2D eigenvalue weighted by Crippen LogP contribution is 2.32. The third-order valence-electron chi connectivity index (χ3n) is 5.07. The van der Waals surface area contributed by atoms with Gasteiger partial charge in [-0.25, -0.2) is 15.0 Å². The number of hydrogen-bond donors (Lipinski definition) is 1. The van der Waals surface area contributed by atoms with E-state index in [0.717, 1.165) is 36.5 Å². The first-order chi connectivity index (χ1) is 15.3. The van der Waals surface area contributed by atoms with Crippen molar-refractivity contribution in [3.8, 4) is 16.9 Å². The molecule has 1 aliphatic rings. The van der Waals surface area contributed by atoms with E-state index in [4.69, 9.17) is 11.6 Å². The van der Waals surface area contributed by atoms with Gasteiger partial charge in [0.05, 0.1) is 5.56 Å². The summed E-state index contributed by atoms with van der Waals surface area (Å²) in [5.41, 5.74) is -1.54. The molecule has 1 amide bonds. The summed E-state index contributed by atoms with van der Waals surface area (Å²) in [6.45, 7) is 3.96. The second-order valence-corrected chi connectivity index (χ2v) is 8.03. The molecule has 166 valence electrons. The topological polar surface area (TPSA) is 80.2 Å². The molecule has 1 saturated heterocycles. The lowest BCUT2D eigenvalue weighted by Gasteiger charge is -2.21. The average Bonchev–Trinajstić information content (AvgIpc) is 3.20. The maximum absolute atomic E-state index is 12.8. The van der Waals surface area contributed by atoms with Crippen molar-refractivity contribution in [2.75, 3.05) is 23.3 Å². The molecule has 0 bridgehead atoms. The maximum atomic E-state index is 12.8.